The van der Waals surface area contributed by atoms with Crippen molar-refractivity contribution < 1.29 is 9.53 Å². The normalized spacial score (nSPS) is 25.1. The van der Waals surface area contributed by atoms with Crippen LogP contribution in [0.4, 0.5) is 0 Å². The molecule has 106 valence electrons. The van der Waals surface area contributed by atoms with Crippen molar-refractivity contribution in [3.8, 4) is 0 Å². The van der Waals surface area contributed by atoms with Gasteiger partial charge >= 0.3 is 0 Å². The minimum absolute atomic E-state index is 0.0992. The Morgan fingerprint density at radius 1 is 1.30 bits per heavy atom. The van der Waals surface area contributed by atoms with Gasteiger partial charge in [-0.15, -0.1) is 0 Å². The number of hydrogen-bond donors (Lipinski definition) is 0. The lowest BCUT2D eigenvalue weighted by Crippen LogP contribution is -2.22. The van der Waals surface area contributed by atoms with Gasteiger partial charge < -0.3 is 4.74 Å². The van der Waals surface area contributed by atoms with Crippen molar-refractivity contribution >= 4 is 34.6 Å². The Morgan fingerprint density at radius 3 is 2.80 bits per heavy atom. The van der Waals surface area contributed by atoms with E-state index in [4.69, 9.17) is 27.9 Å². The summed E-state index contributed by atoms with van der Waals surface area (Å²) < 4.78 is 5.95. The van der Waals surface area contributed by atoms with E-state index in [1.54, 1.807) is 6.92 Å². The first-order valence-electron chi connectivity index (χ1n) is 6.87. The summed E-state index contributed by atoms with van der Waals surface area (Å²) in [4.78, 5) is 11.5. The number of benzene rings is 1. The predicted molar refractivity (Wildman–Crippen MR) is 81.2 cm³/mol. The number of hydrogen-bond acceptors (Lipinski definition) is 2. The van der Waals surface area contributed by atoms with Crippen LogP contribution in [0.3, 0.4) is 0 Å². The summed E-state index contributed by atoms with van der Waals surface area (Å²) in [5.74, 6) is 0.173. The Bertz CT molecular complexity index is 592. The van der Waals surface area contributed by atoms with Crippen LogP contribution < -0.4 is 0 Å². The van der Waals surface area contributed by atoms with Crippen LogP contribution in [0.5, 0.6) is 0 Å². The van der Waals surface area contributed by atoms with Crippen molar-refractivity contribution in [1.82, 2.24) is 0 Å². The van der Waals surface area contributed by atoms with Gasteiger partial charge in [0, 0.05) is 6.42 Å². The van der Waals surface area contributed by atoms with E-state index in [9.17, 15) is 4.79 Å². The molecule has 20 heavy (non-hydrogen) atoms. The van der Waals surface area contributed by atoms with Gasteiger partial charge in [-0.3, -0.25) is 4.79 Å². The average Bonchev–Trinajstić information content (AvgIpc) is 2.79. The number of ketones is 1. The second-order valence-corrected chi connectivity index (χ2v) is 6.35. The first kappa shape index (κ1) is 14.1. The zero-order valence-corrected chi connectivity index (χ0v) is 12.8. The number of carbonyl (C=O) groups is 1. The second kappa shape index (κ2) is 5.51. The third kappa shape index (κ3) is 2.65. The van der Waals surface area contributed by atoms with E-state index >= 15 is 0 Å². The van der Waals surface area contributed by atoms with Crippen molar-refractivity contribution in [2.75, 3.05) is 0 Å². The predicted octanol–water partition coefficient (Wildman–Crippen LogP) is 4.68. The molecular weight excluding hydrogens is 295 g/mol. The lowest BCUT2D eigenvalue weighted by Gasteiger charge is -2.27. The molecule has 0 aromatic heterocycles. The summed E-state index contributed by atoms with van der Waals surface area (Å²) in [7, 11) is 0. The molecule has 0 aliphatic carbocycles. The molecule has 1 fully saturated rings. The van der Waals surface area contributed by atoms with Gasteiger partial charge in [-0.25, -0.2) is 0 Å². The Morgan fingerprint density at radius 2 is 2.10 bits per heavy atom. The molecule has 2 bridgehead atoms. The molecule has 0 saturated carbocycles. The maximum absolute atomic E-state index is 11.5. The molecule has 1 aromatic rings. The summed E-state index contributed by atoms with van der Waals surface area (Å²) in [5.41, 5.74) is 3.41. The van der Waals surface area contributed by atoms with Gasteiger partial charge in [-0.1, -0.05) is 29.3 Å². The van der Waals surface area contributed by atoms with Crippen LogP contribution in [0, 0.1) is 0 Å². The second-order valence-electron chi connectivity index (χ2n) is 5.54. The molecule has 2 aliphatic heterocycles. The van der Waals surface area contributed by atoms with E-state index < -0.39 is 0 Å². The van der Waals surface area contributed by atoms with Gasteiger partial charge in [0.2, 0.25) is 0 Å². The fraction of sp³-hybridized carbons (Fsp3) is 0.438. The highest BCUT2D eigenvalue weighted by atomic mass is 35.5. The molecule has 2 atom stereocenters. The monoisotopic (exact) mass is 310 g/mol. The topological polar surface area (TPSA) is 26.3 Å². The van der Waals surface area contributed by atoms with E-state index in [1.807, 2.05) is 18.2 Å². The van der Waals surface area contributed by atoms with Crippen molar-refractivity contribution in [1.29, 1.82) is 0 Å². The number of Topliss-reactive ketones (excluding diaryl/α,β-unsaturated/α-hetero) is 1. The van der Waals surface area contributed by atoms with Gasteiger partial charge in [-0.05, 0) is 55.0 Å². The van der Waals surface area contributed by atoms with E-state index in [-0.39, 0.29) is 18.0 Å². The van der Waals surface area contributed by atoms with Crippen molar-refractivity contribution in [3.05, 3.63) is 39.4 Å². The van der Waals surface area contributed by atoms with E-state index in [0.29, 0.717) is 16.5 Å². The molecule has 1 saturated heterocycles. The van der Waals surface area contributed by atoms with Crippen molar-refractivity contribution in [2.24, 2.45) is 0 Å². The first-order valence-corrected chi connectivity index (χ1v) is 7.62. The lowest BCUT2D eigenvalue weighted by molar-refractivity contribution is -0.116. The summed E-state index contributed by atoms with van der Waals surface area (Å²) in [6, 6.07) is 5.69. The number of fused-ring (bicyclic) bond motifs is 2. The molecule has 1 aromatic carbocycles. The number of halogens is 2. The minimum Gasteiger partial charge on any atom is -0.370 e. The smallest absolute Gasteiger partial charge is 0.133 e. The molecule has 0 radical (unpaired) electrons. The molecule has 4 heteroatoms. The number of carbonyl (C=O) groups excluding carboxylic acids is 1. The van der Waals surface area contributed by atoms with Gasteiger partial charge in [0.15, 0.2) is 0 Å². The summed E-state index contributed by atoms with van der Waals surface area (Å²) in [6.45, 7) is 1.63. The van der Waals surface area contributed by atoms with Gasteiger partial charge in [-0.2, -0.15) is 0 Å². The third-order valence-corrected chi connectivity index (χ3v) is 4.76. The van der Waals surface area contributed by atoms with Crippen LogP contribution in [-0.4, -0.2) is 18.0 Å². The molecule has 2 heterocycles. The van der Waals surface area contributed by atoms with E-state index in [1.165, 1.54) is 5.57 Å². The Balaban J connectivity index is 2.05. The summed E-state index contributed by atoms with van der Waals surface area (Å²) >= 11 is 12.1. The Labute approximate surface area is 128 Å². The maximum atomic E-state index is 11.5. The molecular formula is C16H16Cl2O2. The van der Waals surface area contributed by atoms with Crippen LogP contribution in [0.15, 0.2) is 23.8 Å². The minimum atomic E-state index is 0.0992. The highest BCUT2D eigenvalue weighted by Crippen LogP contribution is 2.43. The molecule has 2 aliphatic rings. The number of rotatable bonds is 3. The largest absolute Gasteiger partial charge is 0.370 e. The lowest BCUT2D eigenvalue weighted by atomic mass is 9.89. The quantitative estimate of drug-likeness (QED) is 0.810. The van der Waals surface area contributed by atoms with Crippen LogP contribution >= 0.6 is 23.2 Å². The van der Waals surface area contributed by atoms with Crippen LogP contribution in [-0.2, 0) is 9.53 Å². The summed E-state index contributed by atoms with van der Waals surface area (Å²) in [6.07, 6.45) is 3.78. The van der Waals surface area contributed by atoms with E-state index in [0.717, 1.165) is 30.4 Å². The van der Waals surface area contributed by atoms with Gasteiger partial charge in [0.05, 0.1) is 22.3 Å². The maximum Gasteiger partial charge on any atom is 0.133 e. The molecule has 0 amide bonds. The SMILES string of the molecule is CC(=O)CC1=C(c2ccc(Cl)c(Cl)c2)CC2CCC1O2. The molecule has 3 rings (SSSR count). The molecule has 2 unspecified atom stereocenters. The van der Waals surface area contributed by atoms with Gasteiger partial charge in [0.25, 0.3) is 0 Å². The Hall–Kier alpha value is -0.830. The van der Waals surface area contributed by atoms with Crippen LogP contribution in [0.1, 0.15) is 38.2 Å². The van der Waals surface area contributed by atoms with Crippen LogP contribution in [0.25, 0.3) is 5.57 Å². The summed E-state index contributed by atoms with van der Waals surface area (Å²) in [5, 5.41) is 1.11. The fourth-order valence-corrected chi connectivity index (χ4v) is 3.44. The molecule has 0 N–H and O–H groups in total. The van der Waals surface area contributed by atoms with Crippen molar-refractivity contribution in [2.45, 2.75) is 44.8 Å². The highest BCUT2D eigenvalue weighted by Gasteiger charge is 2.36. The highest BCUT2D eigenvalue weighted by molar-refractivity contribution is 6.42. The fourth-order valence-electron chi connectivity index (χ4n) is 3.14. The molecule has 2 nitrogen and oxygen atoms in total. The van der Waals surface area contributed by atoms with E-state index in [2.05, 4.69) is 0 Å². The van der Waals surface area contributed by atoms with Gasteiger partial charge in [0.1, 0.15) is 5.78 Å². The third-order valence-electron chi connectivity index (χ3n) is 4.02. The zero-order chi connectivity index (χ0) is 14.3. The number of ether oxygens (including phenoxy) is 1. The zero-order valence-electron chi connectivity index (χ0n) is 11.3. The molecule has 0 spiro atoms. The first-order chi connectivity index (χ1) is 9.54. The standard InChI is InChI=1S/C16H16Cl2O2/c1-9(19)6-13-12(8-11-3-5-16(13)20-11)10-2-4-14(17)15(18)7-10/h2,4,7,11,16H,3,5-6,8H2,1H3. The Kier molecular flexibility index (Phi) is 3.89. The van der Waals surface area contributed by atoms with Crippen molar-refractivity contribution in [3.63, 3.8) is 0 Å². The van der Waals surface area contributed by atoms with Crippen LogP contribution in [0.2, 0.25) is 10.0 Å². The average molecular weight is 311 g/mol.